The van der Waals surface area contributed by atoms with E-state index < -0.39 is 5.97 Å². The van der Waals surface area contributed by atoms with Crippen LogP contribution in [-0.4, -0.2) is 48.3 Å². The number of pyridine rings is 1. The highest BCUT2D eigenvalue weighted by molar-refractivity contribution is 6.11. The van der Waals surface area contributed by atoms with E-state index in [1.807, 2.05) is 41.0 Å². The zero-order chi connectivity index (χ0) is 25.5. The molecule has 2 aromatic heterocycles. The van der Waals surface area contributed by atoms with Gasteiger partial charge in [-0.25, -0.2) is 9.78 Å². The Morgan fingerprint density at radius 3 is 2.78 bits per heavy atom. The molecular formula is C28H34N4O4. The quantitative estimate of drug-likeness (QED) is 0.317. The zero-order valence-electron chi connectivity index (χ0n) is 21.1. The van der Waals surface area contributed by atoms with E-state index in [9.17, 15) is 9.59 Å². The molecule has 36 heavy (non-hydrogen) atoms. The fourth-order valence-corrected chi connectivity index (χ4v) is 4.34. The number of nitrogens with one attached hydrogen (secondary N) is 2. The summed E-state index contributed by atoms with van der Waals surface area (Å²) in [6.45, 7) is 6.33. The number of benzene rings is 1. The third kappa shape index (κ3) is 5.94. The van der Waals surface area contributed by atoms with Gasteiger partial charge in [0.15, 0.2) is 5.69 Å². The van der Waals surface area contributed by atoms with Crippen molar-refractivity contribution in [2.45, 2.75) is 33.2 Å². The van der Waals surface area contributed by atoms with E-state index in [0.29, 0.717) is 67.5 Å². The van der Waals surface area contributed by atoms with Gasteiger partial charge in [0.1, 0.15) is 5.65 Å². The second-order valence-electron chi connectivity index (χ2n) is 9.30. The van der Waals surface area contributed by atoms with Crippen molar-refractivity contribution >= 4 is 34.3 Å². The number of anilines is 2. The molecule has 1 amide bonds. The Hall–Kier alpha value is -3.65. The number of allylic oxidation sites excluding steroid dienone is 1. The van der Waals surface area contributed by atoms with Crippen molar-refractivity contribution in [3.63, 3.8) is 0 Å². The lowest BCUT2D eigenvalue weighted by molar-refractivity contribution is -0.119. The van der Waals surface area contributed by atoms with E-state index in [1.54, 1.807) is 6.20 Å². The molecule has 190 valence electrons. The first-order valence-corrected chi connectivity index (χ1v) is 12.4. The van der Waals surface area contributed by atoms with E-state index in [4.69, 9.17) is 14.5 Å². The molecule has 8 heteroatoms. The maximum absolute atomic E-state index is 13.1. The molecule has 0 aliphatic carbocycles. The topological polar surface area (TPSA) is 94.5 Å². The number of rotatable bonds is 10. The molecule has 1 saturated heterocycles. The van der Waals surface area contributed by atoms with Crippen LogP contribution in [0.5, 0.6) is 0 Å². The predicted octanol–water partition coefficient (Wildman–Crippen LogP) is 4.66. The Morgan fingerprint density at radius 1 is 1.28 bits per heavy atom. The molecule has 4 rings (SSSR count). The fraction of sp³-hybridized carbons (Fsp3) is 0.393. The van der Waals surface area contributed by atoms with Gasteiger partial charge in [-0.05, 0) is 30.4 Å². The Bertz CT molecular complexity index is 1230. The third-order valence-corrected chi connectivity index (χ3v) is 6.24. The van der Waals surface area contributed by atoms with Crippen molar-refractivity contribution in [2.24, 2.45) is 11.8 Å². The third-order valence-electron chi connectivity index (χ3n) is 6.24. The summed E-state index contributed by atoms with van der Waals surface area (Å²) in [5.74, 6) is -0.477. The average Bonchev–Trinajstić information content (AvgIpc) is 3.52. The molecular weight excluding hydrogens is 456 g/mol. The van der Waals surface area contributed by atoms with Crippen molar-refractivity contribution < 1.29 is 19.1 Å². The van der Waals surface area contributed by atoms with Gasteiger partial charge in [0, 0.05) is 25.1 Å². The van der Waals surface area contributed by atoms with Crippen LogP contribution in [0, 0.1) is 11.8 Å². The number of ether oxygens (including phenoxy) is 2. The van der Waals surface area contributed by atoms with Crippen molar-refractivity contribution in [2.75, 3.05) is 37.5 Å². The van der Waals surface area contributed by atoms with Crippen LogP contribution in [0.4, 0.5) is 11.4 Å². The van der Waals surface area contributed by atoms with Gasteiger partial charge in [-0.3, -0.25) is 4.79 Å². The second-order valence-corrected chi connectivity index (χ2v) is 9.30. The number of nitrogens with zero attached hydrogens (tertiary/aromatic N) is 2. The van der Waals surface area contributed by atoms with E-state index in [0.717, 1.165) is 11.3 Å². The number of hydrogen-bond donors (Lipinski definition) is 2. The number of methoxy groups -OCH3 is 1. The number of amides is 1. The minimum Gasteiger partial charge on any atom is -0.464 e. The minimum atomic E-state index is -0.520. The molecule has 0 spiro atoms. The Labute approximate surface area is 211 Å². The normalized spacial score (nSPS) is 15.6. The molecule has 2 N–H and O–H groups in total. The van der Waals surface area contributed by atoms with Crippen molar-refractivity contribution in [3.8, 4) is 0 Å². The van der Waals surface area contributed by atoms with E-state index >= 15 is 0 Å². The summed E-state index contributed by atoms with van der Waals surface area (Å²) >= 11 is 0. The van der Waals surface area contributed by atoms with Gasteiger partial charge in [-0.15, -0.1) is 0 Å². The van der Waals surface area contributed by atoms with Crippen LogP contribution in [0.25, 0.3) is 11.0 Å². The van der Waals surface area contributed by atoms with Gasteiger partial charge < -0.3 is 24.7 Å². The molecule has 1 aliphatic rings. The lowest BCUT2D eigenvalue weighted by atomic mass is 10.1. The van der Waals surface area contributed by atoms with Gasteiger partial charge in [0.25, 0.3) is 0 Å². The van der Waals surface area contributed by atoms with Gasteiger partial charge in [-0.1, -0.05) is 56.3 Å². The lowest BCUT2D eigenvalue weighted by Gasteiger charge is -2.12. The molecule has 1 fully saturated rings. The monoisotopic (exact) mass is 490 g/mol. The van der Waals surface area contributed by atoms with Gasteiger partial charge in [-0.2, -0.15) is 0 Å². The van der Waals surface area contributed by atoms with Crippen molar-refractivity contribution in [1.82, 2.24) is 9.55 Å². The number of esters is 1. The first-order valence-electron chi connectivity index (χ1n) is 12.4. The van der Waals surface area contributed by atoms with E-state index in [2.05, 4.69) is 36.6 Å². The standard InChI is InChI=1S/C28H34N4O4/c1-19(2)8-7-13-29-22-16-23-24(31-27(33)21-12-15-36-18-21)25(28(34)35-3)32(26(23)30-17-22)14-11-20-9-5-4-6-10-20/h4-10,16-17,19,21,29H,11-15,18H2,1-3H3,(H,31,33)/b8-7+/t21-/m0/s1. The van der Waals surface area contributed by atoms with E-state index in [1.165, 1.54) is 7.11 Å². The van der Waals surface area contributed by atoms with Crippen LogP contribution in [-0.2, 0) is 27.2 Å². The Kier molecular flexibility index (Phi) is 8.38. The summed E-state index contributed by atoms with van der Waals surface area (Å²) in [4.78, 5) is 30.8. The molecule has 0 bridgehead atoms. The molecule has 0 unspecified atom stereocenters. The van der Waals surface area contributed by atoms with Gasteiger partial charge >= 0.3 is 5.97 Å². The highest BCUT2D eigenvalue weighted by Gasteiger charge is 2.29. The molecule has 1 atom stereocenters. The van der Waals surface area contributed by atoms with Crippen LogP contribution < -0.4 is 10.6 Å². The highest BCUT2D eigenvalue weighted by Crippen LogP contribution is 2.33. The Morgan fingerprint density at radius 2 is 2.08 bits per heavy atom. The summed E-state index contributed by atoms with van der Waals surface area (Å²) < 4.78 is 12.4. The second kappa shape index (κ2) is 11.9. The number of fused-ring (bicyclic) bond motifs is 1. The molecule has 8 nitrogen and oxygen atoms in total. The highest BCUT2D eigenvalue weighted by atomic mass is 16.5. The number of aromatic nitrogens is 2. The first-order chi connectivity index (χ1) is 17.5. The van der Waals surface area contributed by atoms with Crippen LogP contribution in [0.15, 0.2) is 54.7 Å². The zero-order valence-corrected chi connectivity index (χ0v) is 21.1. The summed E-state index contributed by atoms with van der Waals surface area (Å²) in [5.41, 5.74) is 3.27. The summed E-state index contributed by atoms with van der Waals surface area (Å²) in [6, 6.07) is 12.0. The van der Waals surface area contributed by atoms with Crippen LogP contribution in [0.1, 0.15) is 36.3 Å². The SMILES string of the molecule is COC(=O)c1c(NC(=O)[C@H]2CCOC2)c2cc(NC/C=C/C(C)C)cnc2n1CCc1ccccc1. The molecule has 1 aliphatic heterocycles. The number of hydrogen-bond acceptors (Lipinski definition) is 6. The molecule has 3 heterocycles. The smallest absolute Gasteiger partial charge is 0.356 e. The fourth-order valence-electron chi connectivity index (χ4n) is 4.34. The average molecular weight is 491 g/mol. The van der Waals surface area contributed by atoms with Crippen LogP contribution in [0.2, 0.25) is 0 Å². The Balaban J connectivity index is 1.74. The summed E-state index contributed by atoms with van der Waals surface area (Å²) in [5, 5.41) is 7.05. The van der Waals surface area contributed by atoms with Crippen LogP contribution >= 0.6 is 0 Å². The van der Waals surface area contributed by atoms with Gasteiger partial charge in [0.2, 0.25) is 5.91 Å². The van der Waals surface area contributed by atoms with Gasteiger partial charge in [0.05, 0.1) is 37.2 Å². The number of carbonyl (C=O) groups excluding carboxylic acids is 2. The molecule has 0 saturated carbocycles. The van der Waals surface area contributed by atoms with Crippen molar-refractivity contribution in [3.05, 3.63) is 66.0 Å². The largest absolute Gasteiger partial charge is 0.464 e. The minimum absolute atomic E-state index is 0.169. The number of carbonyl (C=O) groups is 2. The number of aryl methyl sites for hydroxylation is 2. The molecule has 0 radical (unpaired) electrons. The molecule has 1 aromatic carbocycles. The molecule has 3 aromatic rings. The predicted molar refractivity (Wildman–Crippen MR) is 141 cm³/mol. The summed E-state index contributed by atoms with van der Waals surface area (Å²) in [7, 11) is 1.35. The maximum Gasteiger partial charge on any atom is 0.356 e. The first kappa shape index (κ1) is 25.4. The van der Waals surface area contributed by atoms with Crippen LogP contribution in [0.3, 0.4) is 0 Å². The summed E-state index contributed by atoms with van der Waals surface area (Å²) in [6.07, 6.45) is 7.30. The lowest BCUT2D eigenvalue weighted by Crippen LogP contribution is -2.24. The maximum atomic E-state index is 13.1. The van der Waals surface area contributed by atoms with E-state index in [-0.39, 0.29) is 11.8 Å². The van der Waals surface area contributed by atoms with Crippen molar-refractivity contribution in [1.29, 1.82) is 0 Å².